The van der Waals surface area contributed by atoms with Gasteiger partial charge >= 0.3 is 5.97 Å². The average Bonchev–Trinajstić information content (AvgIpc) is 3.71. The summed E-state index contributed by atoms with van der Waals surface area (Å²) in [5.74, 6) is -1.06. The highest BCUT2D eigenvalue weighted by molar-refractivity contribution is 8.18. The molecule has 0 bridgehead atoms. The maximum Gasteiger partial charge on any atom is 0.339 e. The van der Waals surface area contributed by atoms with Crippen molar-refractivity contribution in [2.45, 2.75) is 13.5 Å². The minimum Gasteiger partial charge on any atom is -0.462 e. The quantitative estimate of drug-likeness (QED) is 0.175. The van der Waals surface area contributed by atoms with Gasteiger partial charge in [0, 0.05) is 40.1 Å². The number of anilines is 2. The molecule has 0 saturated carbocycles. The Bertz CT molecular complexity index is 1960. The average molecular weight is 661 g/mol. The molecule has 1 aromatic heterocycles. The van der Waals surface area contributed by atoms with Crippen LogP contribution in [0.5, 0.6) is 11.5 Å². The lowest BCUT2D eigenvalue weighted by Crippen LogP contribution is -2.36. The summed E-state index contributed by atoms with van der Waals surface area (Å²) in [6.45, 7) is 1.37. The van der Waals surface area contributed by atoms with E-state index in [0.717, 1.165) is 15.8 Å². The number of esters is 1. The summed E-state index contributed by atoms with van der Waals surface area (Å²) in [4.78, 5) is 64.9. The van der Waals surface area contributed by atoms with Crippen LogP contribution in [-0.2, 0) is 25.7 Å². The summed E-state index contributed by atoms with van der Waals surface area (Å²) in [7, 11) is 0. The van der Waals surface area contributed by atoms with Crippen LogP contribution < -0.4 is 20.1 Å². The molecule has 4 amide bonds. The zero-order valence-electron chi connectivity index (χ0n) is 24.2. The van der Waals surface area contributed by atoms with Crippen LogP contribution in [0.2, 0.25) is 5.02 Å². The molecule has 0 atom stereocenters. The van der Waals surface area contributed by atoms with E-state index < -0.39 is 29.6 Å². The predicted octanol–water partition coefficient (Wildman–Crippen LogP) is 5.51. The number of imide groups is 1. The van der Waals surface area contributed by atoms with Crippen LogP contribution in [0.15, 0.2) is 71.8 Å². The smallest absolute Gasteiger partial charge is 0.339 e. The Kier molecular flexibility index (Phi) is 8.68. The summed E-state index contributed by atoms with van der Waals surface area (Å²) < 4.78 is 17.4. The molecule has 1 saturated heterocycles. The number of nitrogens with one attached hydrogen (secondary N) is 2. The van der Waals surface area contributed by atoms with E-state index in [0.29, 0.717) is 34.5 Å². The van der Waals surface area contributed by atoms with Crippen LogP contribution >= 0.6 is 23.4 Å². The van der Waals surface area contributed by atoms with Crippen molar-refractivity contribution in [3.8, 4) is 11.5 Å². The third-order valence-electron chi connectivity index (χ3n) is 7.00. The van der Waals surface area contributed by atoms with Crippen molar-refractivity contribution >= 4 is 80.6 Å². The third kappa shape index (κ3) is 6.41. The molecule has 234 valence electrons. The van der Waals surface area contributed by atoms with Gasteiger partial charge in [-0.15, -0.1) is 0 Å². The Morgan fingerprint density at radius 3 is 2.48 bits per heavy atom. The number of nitrogens with zero attached hydrogens (tertiary/aromatic N) is 2. The number of carbonyl (C=O) groups excluding carboxylic acids is 5. The van der Waals surface area contributed by atoms with E-state index in [1.807, 2.05) is 24.3 Å². The van der Waals surface area contributed by atoms with E-state index in [-0.39, 0.29) is 47.0 Å². The largest absolute Gasteiger partial charge is 0.462 e. The minimum absolute atomic E-state index is 0.0208. The number of thioether (sulfide) groups is 1. The molecule has 3 aromatic carbocycles. The molecule has 2 N–H and O–H groups in total. The molecule has 1 fully saturated rings. The fourth-order valence-electron chi connectivity index (χ4n) is 4.94. The molecule has 0 radical (unpaired) electrons. The zero-order valence-corrected chi connectivity index (χ0v) is 25.8. The van der Waals surface area contributed by atoms with Crippen LogP contribution in [0.25, 0.3) is 17.0 Å². The SMILES string of the molecule is CCOC(=O)c1cc(NC(=O)CN2C(=O)S/C(=C\c3cn(CC(=O)Nc4ccc5c(c4)OCO5)c4ccccc34)C2=O)ccc1Cl. The van der Waals surface area contributed by atoms with Crippen molar-refractivity contribution in [1.29, 1.82) is 0 Å². The Morgan fingerprint density at radius 2 is 1.67 bits per heavy atom. The summed E-state index contributed by atoms with van der Waals surface area (Å²) in [5, 5.41) is 5.74. The van der Waals surface area contributed by atoms with Gasteiger partial charge < -0.3 is 29.4 Å². The normalized spacial score (nSPS) is 14.7. The third-order valence-corrected chi connectivity index (χ3v) is 8.23. The van der Waals surface area contributed by atoms with Gasteiger partial charge in [0.1, 0.15) is 13.1 Å². The first-order valence-corrected chi connectivity index (χ1v) is 15.2. The number of hydrogen-bond acceptors (Lipinski definition) is 9. The maximum atomic E-state index is 13.2. The van der Waals surface area contributed by atoms with Crippen LogP contribution in [0.1, 0.15) is 22.8 Å². The van der Waals surface area contributed by atoms with Gasteiger partial charge in [-0.05, 0) is 61.2 Å². The molecule has 12 nitrogen and oxygen atoms in total. The van der Waals surface area contributed by atoms with Crippen molar-refractivity contribution in [2.75, 3.05) is 30.6 Å². The molecule has 46 heavy (non-hydrogen) atoms. The van der Waals surface area contributed by atoms with Crippen molar-refractivity contribution in [1.82, 2.24) is 9.47 Å². The van der Waals surface area contributed by atoms with Crippen molar-refractivity contribution in [3.63, 3.8) is 0 Å². The van der Waals surface area contributed by atoms with Gasteiger partial charge in [0.15, 0.2) is 11.5 Å². The van der Waals surface area contributed by atoms with E-state index in [1.54, 1.807) is 42.0 Å². The van der Waals surface area contributed by atoms with Crippen molar-refractivity contribution in [2.24, 2.45) is 0 Å². The number of amides is 4. The van der Waals surface area contributed by atoms with Gasteiger partial charge in [0.25, 0.3) is 11.1 Å². The highest BCUT2D eigenvalue weighted by Crippen LogP contribution is 2.35. The number of hydrogen-bond donors (Lipinski definition) is 2. The first-order valence-electron chi connectivity index (χ1n) is 14.0. The molecule has 6 rings (SSSR count). The van der Waals surface area contributed by atoms with Gasteiger partial charge in [0.05, 0.1) is 22.1 Å². The minimum atomic E-state index is -0.647. The standard InChI is InChI=1S/C32H25ClN4O8S/c1-2-43-31(41)22-12-19(7-9-23(22)33)34-29(39)16-37-30(40)27(46-32(37)42)11-18-14-36(24-6-4-3-5-21(18)24)15-28(38)35-20-8-10-25-26(13-20)45-17-44-25/h3-14H,2,15-17H2,1H3,(H,34,39)(H,35,38)/b27-11-. The first kappa shape index (κ1) is 30.7. The van der Waals surface area contributed by atoms with Crippen molar-refractivity contribution < 1.29 is 38.2 Å². The second kappa shape index (κ2) is 13.0. The molecule has 4 aromatic rings. The molecular formula is C32H25ClN4O8S. The highest BCUT2D eigenvalue weighted by Gasteiger charge is 2.36. The summed E-state index contributed by atoms with van der Waals surface area (Å²) >= 11 is 6.80. The fraction of sp³-hybridized carbons (Fsp3) is 0.156. The van der Waals surface area contributed by atoms with E-state index >= 15 is 0 Å². The first-order chi connectivity index (χ1) is 22.2. The van der Waals surface area contributed by atoms with Gasteiger partial charge in [-0.3, -0.25) is 24.1 Å². The van der Waals surface area contributed by atoms with Crippen LogP contribution in [0.3, 0.4) is 0 Å². The Hall–Kier alpha value is -5.27. The molecule has 3 heterocycles. The summed E-state index contributed by atoms with van der Waals surface area (Å²) in [5.41, 5.74) is 2.24. The second-order valence-electron chi connectivity index (χ2n) is 10.1. The number of para-hydroxylation sites is 1. The van der Waals surface area contributed by atoms with Gasteiger partial charge in [-0.2, -0.15) is 0 Å². The van der Waals surface area contributed by atoms with E-state index in [9.17, 15) is 24.0 Å². The molecule has 14 heteroatoms. The Labute approximate surface area is 271 Å². The number of aromatic nitrogens is 1. The van der Waals surface area contributed by atoms with E-state index in [2.05, 4.69) is 10.6 Å². The van der Waals surface area contributed by atoms with E-state index in [1.165, 1.54) is 18.2 Å². The number of fused-ring (bicyclic) bond motifs is 2. The van der Waals surface area contributed by atoms with Crippen molar-refractivity contribution in [3.05, 3.63) is 87.9 Å². The maximum absolute atomic E-state index is 13.2. The predicted molar refractivity (Wildman–Crippen MR) is 172 cm³/mol. The molecule has 0 aliphatic carbocycles. The molecular weight excluding hydrogens is 636 g/mol. The Morgan fingerprint density at radius 1 is 0.957 bits per heavy atom. The lowest BCUT2D eigenvalue weighted by Gasteiger charge is -2.13. The van der Waals surface area contributed by atoms with E-state index in [4.69, 9.17) is 25.8 Å². The molecule has 2 aliphatic heterocycles. The number of halogens is 1. The lowest BCUT2D eigenvalue weighted by atomic mass is 10.1. The van der Waals surface area contributed by atoms with Gasteiger partial charge in [-0.25, -0.2) is 4.79 Å². The molecule has 0 unspecified atom stereocenters. The second-order valence-corrected chi connectivity index (χ2v) is 11.5. The molecule has 0 spiro atoms. The lowest BCUT2D eigenvalue weighted by molar-refractivity contribution is -0.127. The number of ether oxygens (including phenoxy) is 3. The van der Waals surface area contributed by atoms with Crippen LogP contribution in [0.4, 0.5) is 16.2 Å². The molecule has 2 aliphatic rings. The van der Waals surface area contributed by atoms with Gasteiger partial charge in [0.2, 0.25) is 18.6 Å². The monoisotopic (exact) mass is 660 g/mol. The van der Waals surface area contributed by atoms with Crippen LogP contribution in [-0.4, -0.2) is 58.3 Å². The Balaban J connectivity index is 1.15. The fourth-order valence-corrected chi connectivity index (χ4v) is 5.96. The number of rotatable bonds is 9. The van der Waals surface area contributed by atoms with Crippen LogP contribution in [0, 0.1) is 0 Å². The summed E-state index contributed by atoms with van der Waals surface area (Å²) in [6, 6.07) is 16.8. The number of carbonyl (C=O) groups is 5. The zero-order chi connectivity index (χ0) is 32.4. The van der Waals surface area contributed by atoms with Gasteiger partial charge in [-0.1, -0.05) is 29.8 Å². The number of benzene rings is 3. The highest BCUT2D eigenvalue weighted by atomic mass is 35.5. The summed E-state index contributed by atoms with van der Waals surface area (Å²) in [6.07, 6.45) is 3.30. The topological polar surface area (TPSA) is 145 Å².